The molecule has 2 rings (SSSR count). The molecule has 0 radical (unpaired) electrons. The SMILES string of the molecule is CCCCCNC(=O)N1CCN(c2cccc(NC(C)=O)c2)CC1. The Bertz CT molecular complexity index is 554. The molecule has 0 atom stereocenters. The maximum atomic E-state index is 12.1. The molecule has 132 valence electrons. The largest absolute Gasteiger partial charge is 0.368 e. The van der Waals surface area contributed by atoms with Gasteiger partial charge in [-0.15, -0.1) is 0 Å². The zero-order valence-electron chi connectivity index (χ0n) is 14.7. The molecule has 1 aliphatic heterocycles. The summed E-state index contributed by atoms with van der Waals surface area (Å²) in [6.07, 6.45) is 3.35. The van der Waals surface area contributed by atoms with E-state index in [9.17, 15) is 9.59 Å². The number of nitrogens with one attached hydrogen (secondary N) is 2. The van der Waals surface area contributed by atoms with Gasteiger partial charge in [0.1, 0.15) is 0 Å². The van der Waals surface area contributed by atoms with Gasteiger partial charge in [-0.1, -0.05) is 25.8 Å². The molecule has 1 saturated heterocycles. The second-order valence-corrected chi connectivity index (χ2v) is 6.14. The predicted octanol–water partition coefficient (Wildman–Crippen LogP) is 2.67. The first-order valence-corrected chi connectivity index (χ1v) is 8.75. The van der Waals surface area contributed by atoms with Crippen LogP contribution in [0.4, 0.5) is 16.2 Å². The zero-order valence-corrected chi connectivity index (χ0v) is 14.7. The van der Waals surface area contributed by atoms with Crippen LogP contribution in [0.3, 0.4) is 0 Å². The Morgan fingerprint density at radius 2 is 1.88 bits per heavy atom. The van der Waals surface area contributed by atoms with Gasteiger partial charge in [0.2, 0.25) is 5.91 Å². The van der Waals surface area contributed by atoms with Crippen LogP contribution in [0.5, 0.6) is 0 Å². The third-order valence-corrected chi connectivity index (χ3v) is 4.16. The number of unbranched alkanes of at least 4 members (excludes halogenated alkanes) is 2. The highest BCUT2D eigenvalue weighted by molar-refractivity contribution is 5.89. The predicted molar refractivity (Wildman–Crippen MR) is 97.5 cm³/mol. The minimum absolute atomic E-state index is 0.0396. The number of rotatable bonds is 6. The molecule has 1 aliphatic rings. The van der Waals surface area contributed by atoms with Crippen molar-refractivity contribution < 1.29 is 9.59 Å². The fourth-order valence-corrected chi connectivity index (χ4v) is 2.83. The lowest BCUT2D eigenvalue weighted by molar-refractivity contribution is -0.114. The minimum atomic E-state index is -0.0725. The smallest absolute Gasteiger partial charge is 0.317 e. The zero-order chi connectivity index (χ0) is 17.4. The van der Waals surface area contributed by atoms with E-state index in [-0.39, 0.29) is 11.9 Å². The van der Waals surface area contributed by atoms with Gasteiger partial charge in [-0.2, -0.15) is 0 Å². The van der Waals surface area contributed by atoms with E-state index in [0.29, 0.717) is 13.1 Å². The Labute approximate surface area is 144 Å². The lowest BCUT2D eigenvalue weighted by Crippen LogP contribution is -2.52. The molecular weight excluding hydrogens is 304 g/mol. The molecule has 24 heavy (non-hydrogen) atoms. The van der Waals surface area contributed by atoms with Gasteiger partial charge in [-0.25, -0.2) is 4.79 Å². The van der Waals surface area contributed by atoms with Gasteiger partial charge in [-0.3, -0.25) is 4.79 Å². The Kier molecular flexibility index (Phi) is 6.90. The van der Waals surface area contributed by atoms with Crippen LogP contribution in [-0.2, 0) is 4.79 Å². The van der Waals surface area contributed by atoms with E-state index in [4.69, 9.17) is 0 Å². The highest BCUT2D eigenvalue weighted by atomic mass is 16.2. The van der Waals surface area contributed by atoms with E-state index < -0.39 is 0 Å². The van der Waals surface area contributed by atoms with Crippen LogP contribution in [0.2, 0.25) is 0 Å². The minimum Gasteiger partial charge on any atom is -0.368 e. The number of piperazine rings is 1. The molecule has 0 spiro atoms. The number of carbonyl (C=O) groups excluding carboxylic acids is 2. The summed E-state index contributed by atoms with van der Waals surface area (Å²) in [5.41, 5.74) is 1.88. The number of hydrogen-bond donors (Lipinski definition) is 2. The summed E-state index contributed by atoms with van der Waals surface area (Å²) in [4.78, 5) is 27.4. The summed E-state index contributed by atoms with van der Waals surface area (Å²) in [7, 11) is 0. The second kappa shape index (κ2) is 9.15. The summed E-state index contributed by atoms with van der Waals surface area (Å²) in [6, 6.07) is 7.86. The lowest BCUT2D eigenvalue weighted by atomic mass is 10.2. The maximum absolute atomic E-state index is 12.1. The van der Waals surface area contributed by atoms with E-state index in [1.54, 1.807) is 0 Å². The Morgan fingerprint density at radius 3 is 2.54 bits per heavy atom. The van der Waals surface area contributed by atoms with Crippen molar-refractivity contribution in [2.75, 3.05) is 42.9 Å². The first-order valence-electron chi connectivity index (χ1n) is 8.75. The van der Waals surface area contributed by atoms with Crippen molar-refractivity contribution in [1.82, 2.24) is 10.2 Å². The molecule has 6 heteroatoms. The van der Waals surface area contributed by atoms with Crippen molar-refractivity contribution >= 4 is 23.3 Å². The van der Waals surface area contributed by atoms with Gasteiger partial charge >= 0.3 is 6.03 Å². The van der Waals surface area contributed by atoms with E-state index in [1.165, 1.54) is 6.92 Å². The first kappa shape index (κ1) is 18.1. The van der Waals surface area contributed by atoms with Gasteiger partial charge in [0.05, 0.1) is 0 Å². The average molecular weight is 332 g/mol. The van der Waals surface area contributed by atoms with E-state index in [1.807, 2.05) is 29.2 Å². The van der Waals surface area contributed by atoms with Crippen LogP contribution in [0.25, 0.3) is 0 Å². The topological polar surface area (TPSA) is 64.7 Å². The number of nitrogens with zero attached hydrogens (tertiary/aromatic N) is 2. The van der Waals surface area contributed by atoms with Crippen molar-refractivity contribution in [2.24, 2.45) is 0 Å². The van der Waals surface area contributed by atoms with Crippen molar-refractivity contribution in [1.29, 1.82) is 0 Å². The van der Waals surface area contributed by atoms with Crippen molar-refractivity contribution in [3.8, 4) is 0 Å². The van der Waals surface area contributed by atoms with E-state index in [0.717, 1.165) is 50.3 Å². The lowest BCUT2D eigenvalue weighted by Gasteiger charge is -2.36. The summed E-state index contributed by atoms with van der Waals surface area (Å²) in [5.74, 6) is -0.0725. The van der Waals surface area contributed by atoms with Gasteiger partial charge in [0, 0.05) is 51.0 Å². The molecule has 1 fully saturated rings. The van der Waals surface area contributed by atoms with Crippen molar-refractivity contribution in [3.05, 3.63) is 24.3 Å². The van der Waals surface area contributed by atoms with Gasteiger partial charge < -0.3 is 20.4 Å². The number of benzene rings is 1. The normalized spacial score (nSPS) is 14.4. The third-order valence-electron chi connectivity index (χ3n) is 4.16. The van der Waals surface area contributed by atoms with Gasteiger partial charge in [-0.05, 0) is 24.6 Å². The fourth-order valence-electron chi connectivity index (χ4n) is 2.83. The van der Waals surface area contributed by atoms with Crippen LogP contribution in [0, 0.1) is 0 Å². The molecule has 2 N–H and O–H groups in total. The molecule has 1 heterocycles. The summed E-state index contributed by atoms with van der Waals surface area (Å²) >= 11 is 0. The number of urea groups is 1. The molecule has 3 amide bonds. The Hall–Kier alpha value is -2.24. The Morgan fingerprint density at radius 1 is 1.12 bits per heavy atom. The molecule has 0 bridgehead atoms. The van der Waals surface area contributed by atoms with E-state index >= 15 is 0 Å². The van der Waals surface area contributed by atoms with Crippen molar-refractivity contribution in [3.63, 3.8) is 0 Å². The van der Waals surface area contributed by atoms with Crippen LogP contribution in [-0.4, -0.2) is 49.6 Å². The monoisotopic (exact) mass is 332 g/mol. The highest BCUT2D eigenvalue weighted by Gasteiger charge is 2.21. The number of carbonyl (C=O) groups is 2. The molecule has 0 aromatic heterocycles. The number of amides is 3. The molecule has 1 aromatic rings. The van der Waals surface area contributed by atoms with Crippen LogP contribution < -0.4 is 15.5 Å². The van der Waals surface area contributed by atoms with E-state index in [2.05, 4.69) is 22.5 Å². The number of anilines is 2. The highest BCUT2D eigenvalue weighted by Crippen LogP contribution is 2.21. The maximum Gasteiger partial charge on any atom is 0.317 e. The summed E-state index contributed by atoms with van der Waals surface area (Å²) in [5, 5.41) is 5.80. The summed E-state index contributed by atoms with van der Waals surface area (Å²) < 4.78 is 0. The molecule has 1 aromatic carbocycles. The molecular formula is C18H28N4O2. The average Bonchev–Trinajstić information content (AvgIpc) is 2.58. The molecule has 0 unspecified atom stereocenters. The van der Waals surface area contributed by atoms with Crippen LogP contribution in [0.1, 0.15) is 33.1 Å². The molecule has 0 aliphatic carbocycles. The second-order valence-electron chi connectivity index (χ2n) is 6.14. The Balaban J connectivity index is 1.82. The molecule has 0 saturated carbocycles. The molecule has 6 nitrogen and oxygen atoms in total. The number of hydrogen-bond acceptors (Lipinski definition) is 3. The fraction of sp³-hybridized carbons (Fsp3) is 0.556. The first-order chi connectivity index (χ1) is 11.6. The van der Waals surface area contributed by atoms with Crippen LogP contribution in [0.15, 0.2) is 24.3 Å². The quantitative estimate of drug-likeness (QED) is 0.787. The van der Waals surface area contributed by atoms with Gasteiger partial charge in [0.25, 0.3) is 0 Å². The van der Waals surface area contributed by atoms with Crippen LogP contribution >= 0.6 is 0 Å². The third kappa shape index (κ3) is 5.44. The summed E-state index contributed by atoms with van der Waals surface area (Å²) in [6.45, 7) is 7.43. The standard InChI is InChI=1S/C18H28N4O2/c1-3-4-5-9-19-18(24)22-12-10-21(11-13-22)17-8-6-7-16(14-17)20-15(2)23/h6-8,14H,3-5,9-13H2,1-2H3,(H,19,24)(H,20,23). The van der Waals surface area contributed by atoms with Crippen molar-refractivity contribution in [2.45, 2.75) is 33.1 Å². The van der Waals surface area contributed by atoms with Gasteiger partial charge in [0.15, 0.2) is 0 Å².